The lowest BCUT2D eigenvalue weighted by atomic mass is 10.1. The van der Waals surface area contributed by atoms with Gasteiger partial charge in [0, 0.05) is 6.54 Å². The Balaban J connectivity index is 2.33. The molecule has 0 radical (unpaired) electrons. The normalized spacial score (nSPS) is 23.9. The minimum absolute atomic E-state index is 0.0313. The van der Waals surface area contributed by atoms with Crippen molar-refractivity contribution in [2.24, 2.45) is 5.92 Å². The minimum Gasteiger partial charge on any atom is -0.361 e. The Hall–Kier alpha value is -0.610. The van der Waals surface area contributed by atoms with Crippen LogP contribution in [0.25, 0.3) is 0 Å². The second-order valence-corrected chi connectivity index (χ2v) is 4.38. The van der Waals surface area contributed by atoms with Gasteiger partial charge < -0.3 is 10.0 Å². The molecule has 1 rings (SSSR count). The second kappa shape index (κ2) is 4.75. The third-order valence-corrected chi connectivity index (χ3v) is 2.56. The van der Waals surface area contributed by atoms with E-state index < -0.39 is 6.35 Å². The molecule has 1 atom stereocenters. The summed E-state index contributed by atoms with van der Waals surface area (Å²) in [7, 11) is 1.75. The predicted molar refractivity (Wildman–Crippen MR) is 54.4 cm³/mol. The van der Waals surface area contributed by atoms with Gasteiger partial charge in [-0.25, -0.2) is 0 Å². The first-order valence-electron chi connectivity index (χ1n) is 5.20. The lowest BCUT2D eigenvalue weighted by Crippen LogP contribution is -2.38. The van der Waals surface area contributed by atoms with Gasteiger partial charge >= 0.3 is 0 Å². The van der Waals surface area contributed by atoms with Gasteiger partial charge in [0.25, 0.3) is 0 Å². The highest BCUT2D eigenvalue weighted by Gasteiger charge is 2.33. The number of aliphatic hydroxyl groups excluding tert-OH is 1. The van der Waals surface area contributed by atoms with Gasteiger partial charge in [-0.3, -0.25) is 9.69 Å². The Morgan fingerprint density at radius 3 is 2.64 bits per heavy atom. The second-order valence-electron chi connectivity index (χ2n) is 4.38. The SMILES string of the molecule is CC(C)CCCN1C(=O)CN(C)C1O. The fourth-order valence-corrected chi connectivity index (χ4v) is 1.66. The van der Waals surface area contributed by atoms with E-state index in [4.69, 9.17) is 0 Å². The molecule has 1 heterocycles. The van der Waals surface area contributed by atoms with Crippen LogP contribution in [-0.4, -0.2) is 47.3 Å². The summed E-state index contributed by atoms with van der Waals surface area (Å²) in [5.74, 6) is 0.686. The van der Waals surface area contributed by atoms with Gasteiger partial charge in [-0.15, -0.1) is 0 Å². The van der Waals surface area contributed by atoms with Crippen molar-refractivity contribution in [2.75, 3.05) is 20.1 Å². The summed E-state index contributed by atoms with van der Waals surface area (Å²) in [4.78, 5) is 14.6. The summed E-state index contributed by atoms with van der Waals surface area (Å²) in [6.07, 6.45) is 1.35. The maximum Gasteiger partial charge on any atom is 0.239 e. The van der Waals surface area contributed by atoms with E-state index in [0.717, 1.165) is 12.8 Å². The van der Waals surface area contributed by atoms with Gasteiger partial charge in [0.2, 0.25) is 5.91 Å². The van der Waals surface area contributed by atoms with E-state index in [0.29, 0.717) is 19.0 Å². The van der Waals surface area contributed by atoms with Crippen LogP contribution in [0.5, 0.6) is 0 Å². The van der Waals surface area contributed by atoms with Crippen molar-refractivity contribution in [3.8, 4) is 0 Å². The van der Waals surface area contributed by atoms with Crippen LogP contribution in [0.2, 0.25) is 0 Å². The summed E-state index contributed by atoms with van der Waals surface area (Å²) in [6, 6.07) is 0. The lowest BCUT2D eigenvalue weighted by Gasteiger charge is -2.22. The van der Waals surface area contributed by atoms with Crippen LogP contribution in [-0.2, 0) is 4.79 Å². The zero-order valence-corrected chi connectivity index (χ0v) is 9.23. The molecular formula is C10H20N2O2. The van der Waals surface area contributed by atoms with Gasteiger partial charge in [-0.1, -0.05) is 13.8 Å². The molecule has 1 aliphatic heterocycles. The Kier molecular flexibility index (Phi) is 3.89. The molecule has 4 heteroatoms. The van der Waals surface area contributed by atoms with Crippen LogP contribution in [0.3, 0.4) is 0 Å². The van der Waals surface area contributed by atoms with Crippen LogP contribution in [0, 0.1) is 5.92 Å². The Morgan fingerprint density at radius 2 is 2.21 bits per heavy atom. The van der Waals surface area contributed by atoms with Crippen LogP contribution in [0.15, 0.2) is 0 Å². The highest BCUT2D eigenvalue weighted by molar-refractivity contribution is 5.80. The molecule has 1 aliphatic rings. The average Bonchev–Trinajstić information content (AvgIpc) is 2.31. The van der Waals surface area contributed by atoms with Crippen molar-refractivity contribution in [3.63, 3.8) is 0 Å². The highest BCUT2D eigenvalue weighted by Crippen LogP contribution is 2.13. The van der Waals surface area contributed by atoms with Crippen LogP contribution in [0.1, 0.15) is 26.7 Å². The topological polar surface area (TPSA) is 43.8 Å². The molecule has 1 saturated heterocycles. The molecule has 0 aromatic heterocycles. The minimum atomic E-state index is -0.713. The molecule has 0 aromatic carbocycles. The van der Waals surface area contributed by atoms with Crippen LogP contribution < -0.4 is 0 Å². The number of nitrogens with zero attached hydrogens (tertiary/aromatic N) is 2. The van der Waals surface area contributed by atoms with E-state index in [1.54, 1.807) is 16.8 Å². The first-order chi connectivity index (χ1) is 6.52. The molecule has 14 heavy (non-hydrogen) atoms. The zero-order chi connectivity index (χ0) is 10.7. The molecular weight excluding hydrogens is 180 g/mol. The van der Waals surface area contributed by atoms with E-state index >= 15 is 0 Å². The number of rotatable bonds is 4. The van der Waals surface area contributed by atoms with E-state index in [1.807, 2.05) is 0 Å². The van der Waals surface area contributed by atoms with Crippen molar-refractivity contribution < 1.29 is 9.90 Å². The summed E-state index contributed by atoms with van der Waals surface area (Å²) in [5, 5.41) is 9.62. The van der Waals surface area contributed by atoms with Crippen molar-refractivity contribution >= 4 is 5.91 Å². The summed E-state index contributed by atoms with van der Waals surface area (Å²) < 4.78 is 0. The zero-order valence-electron chi connectivity index (χ0n) is 9.23. The van der Waals surface area contributed by atoms with Gasteiger partial charge in [-0.2, -0.15) is 0 Å². The molecule has 1 N–H and O–H groups in total. The maximum absolute atomic E-state index is 11.4. The number of likely N-dealkylation sites (N-methyl/N-ethyl adjacent to an activating group) is 1. The number of carbonyl (C=O) groups is 1. The van der Waals surface area contributed by atoms with Crippen LogP contribution in [0.4, 0.5) is 0 Å². The fraction of sp³-hybridized carbons (Fsp3) is 0.900. The largest absolute Gasteiger partial charge is 0.361 e. The molecule has 0 aromatic rings. The van der Waals surface area contributed by atoms with Gasteiger partial charge in [0.1, 0.15) is 0 Å². The molecule has 0 aliphatic carbocycles. The van der Waals surface area contributed by atoms with Crippen molar-refractivity contribution in [2.45, 2.75) is 33.0 Å². The Bertz CT molecular complexity index is 206. The molecule has 1 unspecified atom stereocenters. The summed E-state index contributed by atoms with van der Waals surface area (Å²) in [6.45, 7) is 5.33. The third-order valence-electron chi connectivity index (χ3n) is 2.56. The molecule has 0 bridgehead atoms. The van der Waals surface area contributed by atoms with Crippen molar-refractivity contribution in [3.05, 3.63) is 0 Å². The third kappa shape index (κ3) is 2.69. The van der Waals surface area contributed by atoms with E-state index in [2.05, 4.69) is 13.8 Å². The standard InChI is InChI=1S/C10H20N2O2/c1-8(2)5-4-6-12-9(13)7-11(3)10(12)14/h8,10,14H,4-7H2,1-3H3. The first kappa shape index (κ1) is 11.5. The number of hydrogen-bond acceptors (Lipinski definition) is 3. The molecule has 1 amide bonds. The quantitative estimate of drug-likeness (QED) is 0.717. The summed E-state index contributed by atoms with van der Waals surface area (Å²) >= 11 is 0. The Labute approximate surface area is 85.5 Å². The van der Waals surface area contributed by atoms with Gasteiger partial charge in [0.05, 0.1) is 6.54 Å². The number of hydrogen-bond donors (Lipinski definition) is 1. The Morgan fingerprint density at radius 1 is 1.57 bits per heavy atom. The molecule has 0 spiro atoms. The molecule has 82 valence electrons. The maximum atomic E-state index is 11.4. The monoisotopic (exact) mass is 200 g/mol. The average molecular weight is 200 g/mol. The van der Waals surface area contributed by atoms with Crippen molar-refractivity contribution in [1.82, 2.24) is 9.80 Å². The first-order valence-corrected chi connectivity index (χ1v) is 5.20. The smallest absolute Gasteiger partial charge is 0.239 e. The summed E-state index contributed by atoms with van der Waals surface area (Å²) in [5.41, 5.74) is 0. The number of aliphatic hydroxyl groups is 1. The van der Waals surface area contributed by atoms with Crippen molar-refractivity contribution in [1.29, 1.82) is 0 Å². The van der Waals surface area contributed by atoms with Gasteiger partial charge in [-0.05, 0) is 25.8 Å². The van der Waals surface area contributed by atoms with E-state index in [9.17, 15) is 9.90 Å². The van der Waals surface area contributed by atoms with Crippen LogP contribution >= 0.6 is 0 Å². The van der Waals surface area contributed by atoms with Gasteiger partial charge in [0.15, 0.2) is 6.35 Å². The van der Waals surface area contributed by atoms with E-state index in [-0.39, 0.29) is 5.91 Å². The molecule has 4 nitrogen and oxygen atoms in total. The van der Waals surface area contributed by atoms with E-state index in [1.165, 1.54) is 0 Å². The number of amides is 1. The molecule has 0 saturated carbocycles. The molecule has 1 fully saturated rings. The fourth-order valence-electron chi connectivity index (χ4n) is 1.66. The predicted octanol–water partition coefficient (Wildman–Crippen LogP) is 0.472. The highest BCUT2D eigenvalue weighted by atomic mass is 16.3. The lowest BCUT2D eigenvalue weighted by molar-refractivity contribution is -0.134. The number of carbonyl (C=O) groups excluding carboxylic acids is 1.